The highest BCUT2D eigenvalue weighted by Crippen LogP contribution is 2.21. The number of hydrogen-bond donors (Lipinski definition) is 2. The highest BCUT2D eigenvalue weighted by Gasteiger charge is 2.12. The van der Waals surface area contributed by atoms with E-state index in [0.29, 0.717) is 29.5 Å². The Hall–Kier alpha value is -2.08. The van der Waals surface area contributed by atoms with E-state index in [9.17, 15) is 9.59 Å². The van der Waals surface area contributed by atoms with E-state index in [1.54, 1.807) is 18.2 Å². The second kappa shape index (κ2) is 9.84. The molecule has 1 rings (SSSR count). The topological polar surface area (TPSA) is 79.8 Å². The van der Waals surface area contributed by atoms with Gasteiger partial charge in [-0.3, -0.25) is 9.59 Å². The molecule has 7 heteroatoms. The van der Waals surface area contributed by atoms with Crippen molar-refractivity contribution in [1.82, 2.24) is 10.7 Å². The van der Waals surface area contributed by atoms with E-state index in [4.69, 9.17) is 16.3 Å². The van der Waals surface area contributed by atoms with Crippen LogP contribution in [0, 0.1) is 5.92 Å². The summed E-state index contributed by atoms with van der Waals surface area (Å²) in [5.74, 6) is -0.664. The van der Waals surface area contributed by atoms with Gasteiger partial charge in [0, 0.05) is 17.1 Å². The van der Waals surface area contributed by atoms with Crippen LogP contribution in [-0.4, -0.2) is 31.2 Å². The van der Waals surface area contributed by atoms with Crippen molar-refractivity contribution in [3.05, 3.63) is 28.8 Å². The minimum Gasteiger partial charge on any atom is -0.493 e. The first kappa shape index (κ1) is 19.0. The van der Waals surface area contributed by atoms with Gasteiger partial charge in [0.25, 0.3) is 0 Å². The fourth-order valence-electron chi connectivity index (χ4n) is 1.55. The first-order valence-electron chi connectivity index (χ1n) is 7.47. The lowest BCUT2D eigenvalue weighted by Crippen LogP contribution is -2.39. The minimum atomic E-state index is -0.819. The van der Waals surface area contributed by atoms with Gasteiger partial charge in [-0.2, -0.15) is 5.10 Å². The van der Waals surface area contributed by atoms with Gasteiger partial charge in [-0.25, -0.2) is 5.43 Å². The molecule has 0 aromatic heterocycles. The van der Waals surface area contributed by atoms with Crippen LogP contribution in [0.3, 0.4) is 0 Å². The molecule has 0 aliphatic rings. The zero-order valence-corrected chi connectivity index (χ0v) is 14.3. The van der Waals surface area contributed by atoms with Crippen molar-refractivity contribution in [2.75, 3.05) is 13.2 Å². The second-order valence-corrected chi connectivity index (χ2v) is 5.77. The molecule has 0 unspecified atom stereocenters. The summed E-state index contributed by atoms with van der Waals surface area (Å²) in [5, 5.41) is 6.81. The summed E-state index contributed by atoms with van der Waals surface area (Å²) in [7, 11) is 0. The number of benzene rings is 1. The predicted octanol–water partition coefficient (Wildman–Crippen LogP) is 2.35. The number of hydrazone groups is 1. The Morgan fingerprint density at radius 2 is 2.09 bits per heavy atom. The monoisotopic (exact) mass is 339 g/mol. The third kappa shape index (κ3) is 7.15. The van der Waals surface area contributed by atoms with E-state index in [1.165, 1.54) is 6.21 Å². The van der Waals surface area contributed by atoms with Crippen LogP contribution in [0.2, 0.25) is 5.02 Å². The Kier molecular flexibility index (Phi) is 8.11. The van der Waals surface area contributed by atoms with Crippen LogP contribution in [0.1, 0.15) is 32.8 Å². The van der Waals surface area contributed by atoms with Crippen molar-refractivity contribution in [1.29, 1.82) is 0 Å². The number of halogens is 1. The molecule has 2 N–H and O–H groups in total. The first-order chi connectivity index (χ1) is 10.9. The molecule has 0 aliphatic carbocycles. The van der Waals surface area contributed by atoms with Crippen molar-refractivity contribution in [3.63, 3.8) is 0 Å². The van der Waals surface area contributed by atoms with E-state index in [-0.39, 0.29) is 5.92 Å². The number of rotatable bonds is 7. The normalized spacial score (nSPS) is 10.8. The average molecular weight is 340 g/mol. The molecule has 0 saturated heterocycles. The maximum Gasteiger partial charge on any atom is 0.329 e. The van der Waals surface area contributed by atoms with Gasteiger partial charge in [0.05, 0.1) is 12.8 Å². The van der Waals surface area contributed by atoms with Gasteiger partial charge in [0.1, 0.15) is 5.75 Å². The molecular weight excluding hydrogens is 318 g/mol. The first-order valence-corrected chi connectivity index (χ1v) is 7.85. The summed E-state index contributed by atoms with van der Waals surface area (Å²) in [6.45, 7) is 6.87. The van der Waals surface area contributed by atoms with Gasteiger partial charge in [-0.15, -0.1) is 0 Å². The molecule has 23 heavy (non-hydrogen) atoms. The van der Waals surface area contributed by atoms with Crippen LogP contribution >= 0.6 is 11.6 Å². The zero-order valence-electron chi connectivity index (χ0n) is 13.6. The zero-order chi connectivity index (χ0) is 17.2. The average Bonchev–Trinajstić information content (AvgIpc) is 2.51. The summed E-state index contributed by atoms with van der Waals surface area (Å²) >= 11 is 5.94. The summed E-state index contributed by atoms with van der Waals surface area (Å²) in [6, 6.07) is 5.11. The van der Waals surface area contributed by atoms with Crippen molar-refractivity contribution < 1.29 is 14.3 Å². The lowest BCUT2D eigenvalue weighted by molar-refractivity contribution is -0.139. The van der Waals surface area contributed by atoms with E-state index in [0.717, 1.165) is 6.42 Å². The molecule has 1 aromatic rings. The molecule has 0 fully saturated rings. The van der Waals surface area contributed by atoms with Crippen LogP contribution in [0.4, 0.5) is 0 Å². The van der Waals surface area contributed by atoms with Gasteiger partial charge in [0.2, 0.25) is 0 Å². The third-order valence-corrected chi connectivity index (χ3v) is 2.92. The second-order valence-electron chi connectivity index (χ2n) is 5.33. The number of hydrogen-bond acceptors (Lipinski definition) is 4. The third-order valence-electron chi connectivity index (χ3n) is 2.68. The molecular formula is C16H22ClN3O3. The fraction of sp³-hybridized carbons (Fsp3) is 0.438. The molecule has 0 radical (unpaired) electrons. The van der Waals surface area contributed by atoms with Crippen molar-refractivity contribution >= 4 is 29.6 Å². The Balaban J connectivity index is 2.64. The minimum absolute atomic E-state index is 0.264. The summed E-state index contributed by atoms with van der Waals surface area (Å²) < 4.78 is 5.57. The summed E-state index contributed by atoms with van der Waals surface area (Å²) in [4.78, 5) is 23.1. The van der Waals surface area contributed by atoms with Crippen LogP contribution < -0.4 is 15.5 Å². The predicted molar refractivity (Wildman–Crippen MR) is 90.8 cm³/mol. The van der Waals surface area contributed by atoms with Crippen molar-refractivity contribution in [3.8, 4) is 5.75 Å². The SMILES string of the molecule is CCCOc1ccc(Cl)cc1/C=N\NC(=O)C(=O)NCC(C)C. The molecule has 126 valence electrons. The summed E-state index contributed by atoms with van der Waals surface area (Å²) in [5.41, 5.74) is 2.80. The molecule has 0 saturated carbocycles. The molecule has 0 spiro atoms. The molecule has 1 aromatic carbocycles. The largest absolute Gasteiger partial charge is 0.493 e. The number of amides is 2. The summed E-state index contributed by atoms with van der Waals surface area (Å²) in [6.07, 6.45) is 2.26. The van der Waals surface area contributed by atoms with Gasteiger partial charge >= 0.3 is 11.8 Å². The van der Waals surface area contributed by atoms with Crippen molar-refractivity contribution in [2.45, 2.75) is 27.2 Å². The van der Waals surface area contributed by atoms with E-state index >= 15 is 0 Å². The highest BCUT2D eigenvalue weighted by molar-refractivity contribution is 6.35. The maximum absolute atomic E-state index is 11.6. The number of carbonyl (C=O) groups is 2. The van der Waals surface area contributed by atoms with Crippen molar-refractivity contribution in [2.24, 2.45) is 11.0 Å². The molecule has 6 nitrogen and oxygen atoms in total. The van der Waals surface area contributed by atoms with Crippen LogP contribution in [0.15, 0.2) is 23.3 Å². The lowest BCUT2D eigenvalue weighted by atomic mass is 10.2. The van der Waals surface area contributed by atoms with E-state index in [1.807, 2.05) is 20.8 Å². The van der Waals surface area contributed by atoms with Crippen LogP contribution in [0.5, 0.6) is 5.75 Å². The Labute approximate surface area is 141 Å². The molecule has 0 atom stereocenters. The Morgan fingerprint density at radius 1 is 1.35 bits per heavy atom. The van der Waals surface area contributed by atoms with Gasteiger partial charge in [0.15, 0.2) is 0 Å². The Morgan fingerprint density at radius 3 is 2.74 bits per heavy atom. The fourth-order valence-corrected chi connectivity index (χ4v) is 1.73. The van der Waals surface area contributed by atoms with Gasteiger partial charge < -0.3 is 10.1 Å². The number of nitrogens with one attached hydrogen (secondary N) is 2. The molecule has 0 heterocycles. The highest BCUT2D eigenvalue weighted by atomic mass is 35.5. The van der Waals surface area contributed by atoms with E-state index in [2.05, 4.69) is 15.8 Å². The molecule has 2 amide bonds. The smallest absolute Gasteiger partial charge is 0.329 e. The number of carbonyl (C=O) groups excluding carboxylic acids is 2. The van der Waals surface area contributed by atoms with Gasteiger partial charge in [-0.1, -0.05) is 32.4 Å². The van der Waals surface area contributed by atoms with E-state index < -0.39 is 11.8 Å². The molecule has 0 bridgehead atoms. The van der Waals surface area contributed by atoms with Crippen LogP contribution in [-0.2, 0) is 9.59 Å². The van der Waals surface area contributed by atoms with Gasteiger partial charge in [-0.05, 0) is 30.5 Å². The van der Waals surface area contributed by atoms with Crippen LogP contribution in [0.25, 0.3) is 0 Å². The quantitative estimate of drug-likeness (QED) is 0.454. The standard InChI is InChI=1S/C16H22ClN3O3/c1-4-7-23-14-6-5-13(17)8-12(14)10-19-20-16(22)15(21)18-9-11(2)3/h5-6,8,10-11H,4,7,9H2,1-3H3,(H,18,21)(H,20,22)/b19-10-. The molecule has 0 aliphatic heterocycles. The maximum atomic E-state index is 11.6. The lowest BCUT2D eigenvalue weighted by Gasteiger charge is -2.08. The number of nitrogens with zero attached hydrogens (tertiary/aromatic N) is 1. The Bertz CT molecular complexity index is 574. The number of ether oxygens (including phenoxy) is 1.